The van der Waals surface area contributed by atoms with Crippen LogP contribution in [-0.2, 0) is 16.1 Å². The lowest BCUT2D eigenvalue weighted by Crippen LogP contribution is -2.43. The highest BCUT2D eigenvalue weighted by atomic mass is 16.4. The molecule has 1 amide bonds. The Hall–Kier alpha value is -1.95. The molecule has 3 fully saturated rings. The first-order chi connectivity index (χ1) is 12.5. The number of pyridine rings is 1. The van der Waals surface area contributed by atoms with E-state index in [0.29, 0.717) is 13.0 Å². The van der Waals surface area contributed by atoms with Gasteiger partial charge in [-0.1, -0.05) is 6.07 Å². The summed E-state index contributed by atoms with van der Waals surface area (Å²) in [7, 11) is 0. The molecule has 1 saturated carbocycles. The van der Waals surface area contributed by atoms with E-state index in [-0.39, 0.29) is 17.2 Å². The summed E-state index contributed by atoms with van der Waals surface area (Å²) in [4.78, 5) is 32.9. The molecule has 0 aromatic carbocycles. The Morgan fingerprint density at radius 2 is 2.00 bits per heavy atom. The third kappa shape index (κ3) is 3.47. The molecule has 140 valence electrons. The van der Waals surface area contributed by atoms with E-state index in [4.69, 9.17) is 0 Å². The van der Waals surface area contributed by atoms with Crippen molar-refractivity contribution in [3.05, 3.63) is 29.6 Å². The molecule has 0 bridgehead atoms. The summed E-state index contributed by atoms with van der Waals surface area (Å²) in [6, 6.07) is 5.47. The number of piperidine rings is 1. The van der Waals surface area contributed by atoms with Crippen molar-refractivity contribution >= 4 is 11.9 Å². The maximum absolute atomic E-state index is 12.5. The molecule has 3 heterocycles. The Kier molecular flexibility index (Phi) is 4.47. The smallest absolute Gasteiger partial charge is 0.326 e. The van der Waals surface area contributed by atoms with Gasteiger partial charge in [-0.15, -0.1) is 0 Å². The predicted octanol–water partition coefficient (Wildman–Crippen LogP) is 2.07. The van der Waals surface area contributed by atoms with Crippen molar-refractivity contribution in [2.45, 2.75) is 51.6 Å². The van der Waals surface area contributed by atoms with E-state index in [9.17, 15) is 14.7 Å². The van der Waals surface area contributed by atoms with Crippen LogP contribution in [0.1, 0.15) is 43.5 Å². The van der Waals surface area contributed by atoms with Crippen LogP contribution in [0.15, 0.2) is 18.2 Å². The number of aromatic nitrogens is 1. The van der Waals surface area contributed by atoms with Crippen LogP contribution in [0.25, 0.3) is 0 Å². The normalized spacial score (nSPS) is 25.6. The lowest BCUT2D eigenvalue weighted by Gasteiger charge is -2.39. The number of carbonyl (C=O) groups excluding carboxylic acids is 1. The number of aryl methyl sites for hydroxylation is 1. The second-order valence-electron chi connectivity index (χ2n) is 8.35. The van der Waals surface area contributed by atoms with Crippen LogP contribution in [-0.4, -0.2) is 57.4 Å². The molecule has 1 aromatic rings. The van der Waals surface area contributed by atoms with Crippen molar-refractivity contribution in [2.75, 3.05) is 19.6 Å². The topological polar surface area (TPSA) is 73.7 Å². The van der Waals surface area contributed by atoms with Gasteiger partial charge in [-0.25, -0.2) is 4.79 Å². The predicted molar refractivity (Wildman–Crippen MR) is 96.4 cm³/mol. The van der Waals surface area contributed by atoms with Gasteiger partial charge in [0.2, 0.25) is 5.91 Å². The summed E-state index contributed by atoms with van der Waals surface area (Å²) in [5, 5.41) is 9.61. The summed E-state index contributed by atoms with van der Waals surface area (Å²) >= 11 is 0. The second kappa shape index (κ2) is 6.65. The molecular weight excluding hydrogens is 330 g/mol. The van der Waals surface area contributed by atoms with Gasteiger partial charge in [-0.05, 0) is 69.7 Å². The number of likely N-dealkylation sites (tertiary alicyclic amines) is 2. The summed E-state index contributed by atoms with van der Waals surface area (Å²) in [5.41, 5.74) is 2.09. The van der Waals surface area contributed by atoms with E-state index in [0.717, 1.165) is 56.7 Å². The SMILES string of the molecule is Cc1cccc(CN2CCC3(CC2)CC(C(=O)O)N(C(=O)C2CC2)C3)n1. The number of carbonyl (C=O) groups is 2. The molecule has 6 nitrogen and oxygen atoms in total. The summed E-state index contributed by atoms with van der Waals surface area (Å²) < 4.78 is 0. The fraction of sp³-hybridized carbons (Fsp3) is 0.650. The maximum Gasteiger partial charge on any atom is 0.326 e. The molecule has 6 heteroatoms. The van der Waals surface area contributed by atoms with E-state index >= 15 is 0 Å². The zero-order valence-electron chi connectivity index (χ0n) is 15.4. The van der Waals surface area contributed by atoms with Gasteiger partial charge >= 0.3 is 5.97 Å². The first-order valence-electron chi connectivity index (χ1n) is 9.64. The minimum Gasteiger partial charge on any atom is -0.480 e. The van der Waals surface area contributed by atoms with Gasteiger partial charge in [-0.2, -0.15) is 0 Å². The monoisotopic (exact) mass is 357 g/mol. The number of rotatable bonds is 4. The number of aliphatic carboxylic acids is 1. The molecule has 1 spiro atoms. The Bertz CT molecular complexity index is 708. The molecule has 1 aromatic heterocycles. The fourth-order valence-electron chi connectivity index (χ4n) is 4.54. The Balaban J connectivity index is 1.39. The van der Waals surface area contributed by atoms with Gasteiger partial charge in [0.25, 0.3) is 0 Å². The lowest BCUT2D eigenvalue weighted by molar-refractivity contribution is -0.148. The average molecular weight is 357 g/mol. The molecule has 1 aliphatic carbocycles. The molecule has 26 heavy (non-hydrogen) atoms. The minimum absolute atomic E-state index is 0.0237. The van der Waals surface area contributed by atoms with Gasteiger partial charge in [0, 0.05) is 24.7 Å². The van der Waals surface area contributed by atoms with Gasteiger partial charge < -0.3 is 10.0 Å². The second-order valence-corrected chi connectivity index (χ2v) is 8.35. The van der Waals surface area contributed by atoms with Crippen molar-refractivity contribution in [1.29, 1.82) is 0 Å². The van der Waals surface area contributed by atoms with Crippen LogP contribution in [0.3, 0.4) is 0 Å². The van der Waals surface area contributed by atoms with Crippen LogP contribution in [0, 0.1) is 18.3 Å². The largest absolute Gasteiger partial charge is 0.480 e. The van der Waals surface area contributed by atoms with Crippen molar-refractivity contribution < 1.29 is 14.7 Å². The highest BCUT2D eigenvalue weighted by molar-refractivity contribution is 5.87. The van der Waals surface area contributed by atoms with Gasteiger partial charge in [0.05, 0.1) is 5.69 Å². The average Bonchev–Trinajstić information content (AvgIpc) is 3.39. The van der Waals surface area contributed by atoms with E-state index in [1.54, 1.807) is 4.90 Å². The highest BCUT2D eigenvalue weighted by Crippen LogP contribution is 2.45. The van der Waals surface area contributed by atoms with Crippen molar-refractivity contribution in [2.24, 2.45) is 11.3 Å². The van der Waals surface area contributed by atoms with Crippen molar-refractivity contribution in [1.82, 2.24) is 14.8 Å². The quantitative estimate of drug-likeness (QED) is 0.893. The van der Waals surface area contributed by atoms with Crippen LogP contribution in [0.2, 0.25) is 0 Å². The van der Waals surface area contributed by atoms with Crippen LogP contribution < -0.4 is 0 Å². The maximum atomic E-state index is 12.5. The van der Waals surface area contributed by atoms with E-state index in [1.165, 1.54) is 0 Å². The summed E-state index contributed by atoms with van der Waals surface area (Å²) in [6.45, 7) is 5.34. The first kappa shape index (κ1) is 17.5. The number of hydrogen-bond donors (Lipinski definition) is 1. The number of nitrogens with zero attached hydrogens (tertiary/aromatic N) is 3. The highest BCUT2D eigenvalue weighted by Gasteiger charge is 2.51. The molecule has 3 aliphatic rings. The summed E-state index contributed by atoms with van der Waals surface area (Å²) in [5.74, 6) is -0.692. The Labute approximate surface area is 154 Å². The van der Waals surface area contributed by atoms with Crippen molar-refractivity contribution in [3.63, 3.8) is 0 Å². The number of carboxylic acids is 1. The fourth-order valence-corrected chi connectivity index (χ4v) is 4.54. The zero-order valence-corrected chi connectivity index (χ0v) is 15.4. The van der Waals surface area contributed by atoms with Crippen LogP contribution >= 0.6 is 0 Å². The molecule has 1 atom stereocenters. The standard InChI is InChI=1S/C20H27N3O3/c1-14-3-2-4-16(21-14)12-22-9-7-20(8-10-22)11-17(19(25)26)23(13-20)18(24)15-5-6-15/h2-4,15,17H,5-13H2,1H3,(H,25,26). The van der Waals surface area contributed by atoms with Crippen molar-refractivity contribution in [3.8, 4) is 0 Å². The van der Waals surface area contributed by atoms with Crippen LogP contribution in [0.4, 0.5) is 0 Å². The minimum atomic E-state index is -0.845. The molecule has 2 saturated heterocycles. The Morgan fingerprint density at radius 3 is 2.62 bits per heavy atom. The third-order valence-corrected chi connectivity index (χ3v) is 6.25. The van der Waals surface area contributed by atoms with Gasteiger partial charge in [-0.3, -0.25) is 14.7 Å². The molecule has 2 aliphatic heterocycles. The van der Waals surface area contributed by atoms with E-state index in [2.05, 4.69) is 16.0 Å². The Morgan fingerprint density at radius 1 is 1.27 bits per heavy atom. The number of hydrogen-bond acceptors (Lipinski definition) is 4. The first-order valence-corrected chi connectivity index (χ1v) is 9.64. The number of carboxylic acid groups (broad SMARTS) is 1. The summed E-state index contributed by atoms with van der Waals surface area (Å²) in [6.07, 6.45) is 4.36. The zero-order chi connectivity index (χ0) is 18.3. The lowest BCUT2D eigenvalue weighted by atomic mass is 9.76. The van der Waals surface area contributed by atoms with Gasteiger partial charge in [0.15, 0.2) is 0 Å². The molecule has 0 radical (unpaired) electrons. The number of amides is 1. The molecule has 4 rings (SSSR count). The van der Waals surface area contributed by atoms with Crippen LogP contribution in [0.5, 0.6) is 0 Å². The third-order valence-electron chi connectivity index (χ3n) is 6.25. The van der Waals surface area contributed by atoms with Gasteiger partial charge in [0.1, 0.15) is 6.04 Å². The van der Waals surface area contributed by atoms with E-state index < -0.39 is 12.0 Å². The molecule has 1 unspecified atom stereocenters. The van der Waals surface area contributed by atoms with E-state index in [1.807, 2.05) is 19.1 Å². The molecule has 1 N–H and O–H groups in total. The molecular formula is C20H27N3O3.